The minimum Gasteiger partial charge on any atom is -0.366 e. The second-order valence-electron chi connectivity index (χ2n) is 3.31. The number of halogens is 1. The molecule has 17 heavy (non-hydrogen) atoms. The van der Waals surface area contributed by atoms with Crippen LogP contribution < -0.4 is 4.72 Å². The standard InChI is InChI=1S/C9H9ClN4O2S/c1-6-4-8(10)13-9(12-6)14-17(15,16)7-2-3-11-5-7/h2-5,11H,1H3,(H,12,13,14). The Hall–Kier alpha value is -1.60. The summed E-state index contributed by atoms with van der Waals surface area (Å²) in [5, 5.41) is 0.185. The first-order valence-corrected chi connectivity index (χ1v) is 6.50. The van der Waals surface area contributed by atoms with Crippen LogP contribution in [0.1, 0.15) is 5.69 Å². The van der Waals surface area contributed by atoms with Gasteiger partial charge in [-0.2, -0.15) is 0 Å². The zero-order valence-electron chi connectivity index (χ0n) is 8.81. The maximum Gasteiger partial charge on any atom is 0.265 e. The summed E-state index contributed by atoms with van der Waals surface area (Å²) in [6, 6.07) is 2.97. The number of nitrogens with zero attached hydrogens (tertiary/aromatic N) is 2. The van der Waals surface area contributed by atoms with Gasteiger partial charge < -0.3 is 4.98 Å². The normalized spacial score (nSPS) is 11.4. The van der Waals surface area contributed by atoms with Crippen LogP contribution in [0.15, 0.2) is 29.4 Å². The molecule has 6 nitrogen and oxygen atoms in total. The van der Waals surface area contributed by atoms with Crippen molar-refractivity contribution in [1.29, 1.82) is 0 Å². The smallest absolute Gasteiger partial charge is 0.265 e. The first kappa shape index (κ1) is 11.9. The maximum absolute atomic E-state index is 11.8. The van der Waals surface area contributed by atoms with Crippen molar-refractivity contribution in [3.8, 4) is 0 Å². The minimum atomic E-state index is -3.67. The molecule has 0 amide bonds. The van der Waals surface area contributed by atoms with Gasteiger partial charge in [-0.05, 0) is 19.1 Å². The van der Waals surface area contributed by atoms with Gasteiger partial charge in [0.05, 0.1) is 0 Å². The molecule has 8 heteroatoms. The fraction of sp³-hybridized carbons (Fsp3) is 0.111. The van der Waals surface area contributed by atoms with Crippen LogP contribution in [-0.2, 0) is 10.0 Å². The zero-order valence-corrected chi connectivity index (χ0v) is 10.4. The van der Waals surface area contributed by atoms with Crippen LogP contribution in [0, 0.1) is 6.92 Å². The molecule has 2 N–H and O–H groups in total. The molecule has 90 valence electrons. The van der Waals surface area contributed by atoms with Crippen LogP contribution in [-0.4, -0.2) is 23.4 Å². The van der Waals surface area contributed by atoms with Gasteiger partial charge in [-0.3, -0.25) is 0 Å². The van der Waals surface area contributed by atoms with E-state index in [0.29, 0.717) is 5.69 Å². The molecule has 0 aliphatic carbocycles. The van der Waals surface area contributed by atoms with Crippen LogP contribution in [0.25, 0.3) is 0 Å². The summed E-state index contributed by atoms with van der Waals surface area (Å²) in [6.07, 6.45) is 2.87. The van der Waals surface area contributed by atoms with Gasteiger partial charge in [-0.25, -0.2) is 23.1 Å². The Kier molecular flexibility index (Phi) is 3.03. The highest BCUT2D eigenvalue weighted by atomic mass is 35.5. The molecule has 0 atom stereocenters. The summed E-state index contributed by atoms with van der Waals surface area (Å²) >= 11 is 5.71. The third-order valence-electron chi connectivity index (χ3n) is 1.93. The van der Waals surface area contributed by atoms with E-state index >= 15 is 0 Å². The molecule has 0 aliphatic rings. The molecule has 0 saturated heterocycles. The van der Waals surface area contributed by atoms with Gasteiger partial charge in [0.25, 0.3) is 10.0 Å². The van der Waals surface area contributed by atoms with Crippen molar-refractivity contribution in [2.24, 2.45) is 0 Å². The molecule has 2 rings (SSSR count). The fourth-order valence-corrected chi connectivity index (χ4v) is 2.39. The lowest BCUT2D eigenvalue weighted by molar-refractivity contribution is 0.601. The largest absolute Gasteiger partial charge is 0.366 e. The second kappa shape index (κ2) is 4.34. The predicted octanol–water partition coefficient (Wildman–Crippen LogP) is 1.57. The average Bonchev–Trinajstić information content (AvgIpc) is 2.67. The number of sulfonamides is 1. The Morgan fingerprint density at radius 2 is 2.18 bits per heavy atom. The van der Waals surface area contributed by atoms with Gasteiger partial charge in [0.2, 0.25) is 5.95 Å². The first-order chi connectivity index (χ1) is 7.97. The van der Waals surface area contributed by atoms with Gasteiger partial charge in [-0.1, -0.05) is 11.6 Å². The SMILES string of the molecule is Cc1cc(Cl)nc(NS(=O)(=O)c2cc[nH]c2)n1. The number of hydrogen-bond acceptors (Lipinski definition) is 4. The van der Waals surface area contributed by atoms with Crippen LogP contribution in [0.4, 0.5) is 5.95 Å². The highest BCUT2D eigenvalue weighted by Crippen LogP contribution is 2.14. The molecule has 2 heterocycles. The van der Waals surface area contributed by atoms with Gasteiger partial charge in [0, 0.05) is 18.1 Å². The van der Waals surface area contributed by atoms with E-state index in [1.54, 1.807) is 6.92 Å². The van der Waals surface area contributed by atoms with Crippen LogP contribution in [0.2, 0.25) is 5.15 Å². The summed E-state index contributed by atoms with van der Waals surface area (Å²) in [5.41, 5.74) is 0.580. The summed E-state index contributed by atoms with van der Waals surface area (Å²) in [4.78, 5) is 10.5. The van der Waals surface area contributed by atoms with E-state index in [9.17, 15) is 8.42 Å². The van der Waals surface area contributed by atoms with Crippen molar-refractivity contribution in [2.45, 2.75) is 11.8 Å². The van der Waals surface area contributed by atoms with Crippen LogP contribution in [0.3, 0.4) is 0 Å². The minimum absolute atomic E-state index is 0.0452. The molecule has 2 aromatic rings. The molecule has 2 aromatic heterocycles. The highest BCUT2D eigenvalue weighted by molar-refractivity contribution is 7.92. The van der Waals surface area contributed by atoms with Crippen molar-refractivity contribution in [3.63, 3.8) is 0 Å². The lowest BCUT2D eigenvalue weighted by Crippen LogP contribution is -2.14. The molecule has 0 aromatic carbocycles. The number of rotatable bonds is 3. The lowest BCUT2D eigenvalue weighted by atomic mass is 10.5. The van der Waals surface area contributed by atoms with Gasteiger partial charge >= 0.3 is 0 Å². The summed E-state index contributed by atoms with van der Waals surface area (Å²) < 4.78 is 25.9. The number of aromatic amines is 1. The molecule has 0 saturated carbocycles. The lowest BCUT2D eigenvalue weighted by Gasteiger charge is -2.05. The van der Waals surface area contributed by atoms with E-state index < -0.39 is 10.0 Å². The number of hydrogen-bond donors (Lipinski definition) is 2. The third kappa shape index (κ3) is 2.75. The van der Waals surface area contributed by atoms with Gasteiger partial charge in [0.15, 0.2) is 0 Å². The first-order valence-electron chi connectivity index (χ1n) is 4.64. The number of aromatic nitrogens is 3. The van der Waals surface area contributed by atoms with Crippen molar-refractivity contribution >= 4 is 27.6 Å². The Morgan fingerprint density at radius 3 is 2.76 bits per heavy atom. The Labute approximate surface area is 103 Å². The van der Waals surface area contributed by atoms with Crippen molar-refractivity contribution in [2.75, 3.05) is 4.72 Å². The van der Waals surface area contributed by atoms with E-state index in [4.69, 9.17) is 11.6 Å². The van der Waals surface area contributed by atoms with E-state index in [2.05, 4.69) is 19.7 Å². The average molecular weight is 273 g/mol. The van der Waals surface area contributed by atoms with Crippen LogP contribution in [0.5, 0.6) is 0 Å². The summed E-state index contributed by atoms with van der Waals surface area (Å²) in [5.74, 6) is -0.0452. The van der Waals surface area contributed by atoms with Gasteiger partial charge in [-0.15, -0.1) is 0 Å². The number of aryl methyl sites for hydroxylation is 1. The molecular weight excluding hydrogens is 264 g/mol. The van der Waals surface area contributed by atoms with E-state index in [1.165, 1.54) is 24.5 Å². The Bertz CT molecular complexity index is 604. The van der Waals surface area contributed by atoms with Crippen molar-refractivity contribution < 1.29 is 8.42 Å². The maximum atomic E-state index is 11.8. The number of anilines is 1. The molecule has 0 spiro atoms. The van der Waals surface area contributed by atoms with Gasteiger partial charge in [0.1, 0.15) is 10.0 Å². The van der Waals surface area contributed by atoms with E-state index in [-0.39, 0.29) is 16.0 Å². The predicted molar refractivity (Wildman–Crippen MR) is 63.4 cm³/mol. The summed E-state index contributed by atoms with van der Waals surface area (Å²) in [7, 11) is -3.67. The van der Waals surface area contributed by atoms with E-state index in [1.807, 2.05) is 0 Å². The highest BCUT2D eigenvalue weighted by Gasteiger charge is 2.16. The molecule has 0 fully saturated rings. The molecule has 0 bridgehead atoms. The molecule has 0 unspecified atom stereocenters. The zero-order chi connectivity index (χ0) is 12.5. The van der Waals surface area contributed by atoms with Crippen molar-refractivity contribution in [1.82, 2.24) is 15.0 Å². The second-order valence-corrected chi connectivity index (χ2v) is 5.38. The monoisotopic (exact) mass is 272 g/mol. The molecular formula is C9H9ClN4O2S. The topological polar surface area (TPSA) is 87.7 Å². The Morgan fingerprint density at radius 1 is 1.41 bits per heavy atom. The fourth-order valence-electron chi connectivity index (χ4n) is 1.23. The molecule has 0 aliphatic heterocycles. The van der Waals surface area contributed by atoms with E-state index in [0.717, 1.165) is 0 Å². The third-order valence-corrected chi connectivity index (χ3v) is 3.45. The number of nitrogens with one attached hydrogen (secondary N) is 2. The Balaban J connectivity index is 2.33. The van der Waals surface area contributed by atoms with Crippen molar-refractivity contribution in [3.05, 3.63) is 35.4 Å². The quantitative estimate of drug-likeness (QED) is 0.830. The van der Waals surface area contributed by atoms with Crippen LogP contribution >= 0.6 is 11.6 Å². The molecule has 0 radical (unpaired) electrons. The number of H-pyrrole nitrogens is 1. The summed E-state index contributed by atoms with van der Waals surface area (Å²) in [6.45, 7) is 1.70.